The highest BCUT2D eigenvalue weighted by atomic mass is 16.5. The first-order chi connectivity index (χ1) is 8.86. The first kappa shape index (κ1) is 15.2. The summed E-state index contributed by atoms with van der Waals surface area (Å²) in [5.74, 6) is -1.58. The number of hydrogen-bond acceptors (Lipinski definition) is 4. The Labute approximate surface area is 112 Å². The molecule has 0 aliphatic heterocycles. The summed E-state index contributed by atoms with van der Waals surface area (Å²) < 4.78 is 5.09. The maximum atomic E-state index is 12.0. The fourth-order valence-electron chi connectivity index (χ4n) is 1.78. The molecular formula is C14H20N2O3. The van der Waals surface area contributed by atoms with Gasteiger partial charge in [0, 0.05) is 0 Å². The number of amides is 1. The van der Waals surface area contributed by atoms with Crippen molar-refractivity contribution in [2.75, 3.05) is 0 Å². The monoisotopic (exact) mass is 264 g/mol. The van der Waals surface area contributed by atoms with Crippen LogP contribution in [-0.2, 0) is 20.9 Å². The third kappa shape index (κ3) is 4.06. The van der Waals surface area contributed by atoms with Crippen LogP contribution in [0.1, 0.15) is 25.8 Å². The van der Waals surface area contributed by atoms with Crippen molar-refractivity contribution in [1.82, 2.24) is 0 Å². The van der Waals surface area contributed by atoms with Crippen molar-refractivity contribution in [3.63, 3.8) is 0 Å². The maximum absolute atomic E-state index is 12.0. The van der Waals surface area contributed by atoms with E-state index in [2.05, 4.69) is 0 Å². The van der Waals surface area contributed by atoms with Gasteiger partial charge in [-0.1, -0.05) is 44.2 Å². The summed E-state index contributed by atoms with van der Waals surface area (Å²) in [6.45, 7) is 3.79. The maximum Gasteiger partial charge on any atom is 0.336 e. The summed E-state index contributed by atoms with van der Waals surface area (Å²) in [6.07, 6.45) is 0.163. The summed E-state index contributed by atoms with van der Waals surface area (Å²) in [4.78, 5) is 23.4. The van der Waals surface area contributed by atoms with Crippen LogP contribution in [0, 0.1) is 5.92 Å². The lowest BCUT2D eigenvalue weighted by Gasteiger charge is -2.25. The molecule has 0 fully saturated rings. The van der Waals surface area contributed by atoms with Crippen LogP contribution in [0.3, 0.4) is 0 Å². The van der Waals surface area contributed by atoms with Gasteiger partial charge < -0.3 is 16.2 Å². The molecule has 0 unspecified atom stereocenters. The Morgan fingerprint density at radius 3 is 2.32 bits per heavy atom. The van der Waals surface area contributed by atoms with Crippen molar-refractivity contribution in [3.05, 3.63) is 35.9 Å². The number of ether oxygens (including phenoxy) is 1. The highest BCUT2D eigenvalue weighted by molar-refractivity contribution is 6.06. The molecule has 1 amide bonds. The third-order valence-electron chi connectivity index (χ3n) is 2.75. The Kier molecular flexibility index (Phi) is 5.06. The molecule has 0 heterocycles. The van der Waals surface area contributed by atoms with Crippen LogP contribution >= 0.6 is 0 Å². The van der Waals surface area contributed by atoms with Crippen molar-refractivity contribution in [2.45, 2.75) is 32.4 Å². The van der Waals surface area contributed by atoms with Gasteiger partial charge in [0.15, 0.2) is 5.54 Å². The molecule has 0 aromatic heterocycles. The SMILES string of the molecule is CC(C)C[C@@](N)(C(N)=O)C(=O)OCc1ccccc1. The molecule has 5 nitrogen and oxygen atoms in total. The minimum Gasteiger partial charge on any atom is -0.459 e. The first-order valence-electron chi connectivity index (χ1n) is 6.16. The largest absolute Gasteiger partial charge is 0.459 e. The number of rotatable bonds is 6. The smallest absolute Gasteiger partial charge is 0.336 e. The quantitative estimate of drug-likeness (QED) is 0.591. The Morgan fingerprint density at radius 1 is 1.26 bits per heavy atom. The van der Waals surface area contributed by atoms with Crippen LogP contribution in [-0.4, -0.2) is 17.4 Å². The molecule has 5 heteroatoms. The van der Waals surface area contributed by atoms with Crippen molar-refractivity contribution in [3.8, 4) is 0 Å². The molecule has 0 spiro atoms. The fraction of sp³-hybridized carbons (Fsp3) is 0.429. The molecule has 0 radical (unpaired) electrons. The lowest BCUT2D eigenvalue weighted by molar-refractivity contribution is -0.155. The van der Waals surface area contributed by atoms with E-state index in [9.17, 15) is 9.59 Å². The Balaban J connectivity index is 2.71. The van der Waals surface area contributed by atoms with Gasteiger partial charge in [-0.3, -0.25) is 4.79 Å². The predicted molar refractivity (Wildman–Crippen MR) is 71.8 cm³/mol. The van der Waals surface area contributed by atoms with Gasteiger partial charge in [-0.25, -0.2) is 4.79 Å². The Hall–Kier alpha value is -1.88. The summed E-state index contributed by atoms with van der Waals surface area (Å²) in [6, 6.07) is 9.17. The predicted octanol–water partition coefficient (Wildman–Crippen LogP) is 0.959. The van der Waals surface area contributed by atoms with E-state index in [1.54, 1.807) is 0 Å². The normalized spacial score (nSPS) is 13.9. The second-order valence-electron chi connectivity index (χ2n) is 5.00. The van der Waals surface area contributed by atoms with E-state index in [1.807, 2.05) is 44.2 Å². The van der Waals surface area contributed by atoms with Crippen LogP contribution in [0.4, 0.5) is 0 Å². The zero-order valence-corrected chi connectivity index (χ0v) is 11.3. The van der Waals surface area contributed by atoms with Gasteiger partial charge in [-0.05, 0) is 17.9 Å². The highest BCUT2D eigenvalue weighted by Crippen LogP contribution is 2.17. The molecular weight excluding hydrogens is 244 g/mol. The van der Waals surface area contributed by atoms with Gasteiger partial charge in [0.05, 0.1) is 0 Å². The van der Waals surface area contributed by atoms with E-state index in [0.29, 0.717) is 0 Å². The average molecular weight is 264 g/mol. The summed E-state index contributed by atoms with van der Waals surface area (Å²) in [5.41, 5.74) is 10.1. The number of carbonyl (C=O) groups is 2. The fourth-order valence-corrected chi connectivity index (χ4v) is 1.78. The number of esters is 1. The summed E-state index contributed by atoms with van der Waals surface area (Å²) >= 11 is 0. The first-order valence-corrected chi connectivity index (χ1v) is 6.16. The molecule has 0 bridgehead atoms. The number of primary amides is 1. The van der Waals surface area contributed by atoms with Gasteiger partial charge in [0.1, 0.15) is 6.61 Å². The van der Waals surface area contributed by atoms with Gasteiger partial charge in [-0.15, -0.1) is 0 Å². The van der Waals surface area contributed by atoms with Crippen molar-refractivity contribution in [2.24, 2.45) is 17.4 Å². The molecule has 1 atom stereocenters. The van der Waals surface area contributed by atoms with Crippen LogP contribution in [0.25, 0.3) is 0 Å². The van der Waals surface area contributed by atoms with E-state index in [1.165, 1.54) is 0 Å². The van der Waals surface area contributed by atoms with Crippen molar-refractivity contribution in [1.29, 1.82) is 0 Å². The minimum absolute atomic E-state index is 0.0572. The second kappa shape index (κ2) is 6.33. The van der Waals surface area contributed by atoms with Gasteiger partial charge >= 0.3 is 5.97 Å². The number of nitrogens with two attached hydrogens (primary N) is 2. The minimum atomic E-state index is -1.76. The Bertz CT molecular complexity index is 445. The molecule has 1 aromatic rings. The van der Waals surface area contributed by atoms with E-state index in [-0.39, 0.29) is 18.9 Å². The lowest BCUT2D eigenvalue weighted by atomic mass is 9.89. The molecule has 104 valence electrons. The van der Waals surface area contributed by atoms with Crippen LogP contribution in [0.2, 0.25) is 0 Å². The van der Waals surface area contributed by atoms with E-state index < -0.39 is 17.4 Å². The van der Waals surface area contributed by atoms with Crippen molar-refractivity contribution < 1.29 is 14.3 Å². The van der Waals surface area contributed by atoms with Gasteiger partial charge in [0.25, 0.3) is 0 Å². The molecule has 19 heavy (non-hydrogen) atoms. The standard InChI is InChI=1S/C14H20N2O3/c1-10(2)8-14(16,12(15)17)13(18)19-9-11-6-4-3-5-7-11/h3-7,10H,8-9,16H2,1-2H3,(H2,15,17)/t14-/m1/s1. The van der Waals surface area contributed by atoms with Crippen LogP contribution < -0.4 is 11.5 Å². The average Bonchev–Trinajstić information content (AvgIpc) is 2.36. The molecule has 0 saturated carbocycles. The summed E-state index contributed by atoms with van der Waals surface area (Å²) in [7, 11) is 0. The van der Waals surface area contributed by atoms with E-state index in [0.717, 1.165) is 5.56 Å². The molecule has 1 rings (SSSR count). The Morgan fingerprint density at radius 2 is 1.84 bits per heavy atom. The number of hydrogen-bond donors (Lipinski definition) is 2. The van der Waals surface area contributed by atoms with Crippen LogP contribution in [0.5, 0.6) is 0 Å². The van der Waals surface area contributed by atoms with E-state index in [4.69, 9.17) is 16.2 Å². The van der Waals surface area contributed by atoms with Crippen molar-refractivity contribution >= 4 is 11.9 Å². The van der Waals surface area contributed by atoms with E-state index >= 15 is 0 Å². The molecule has 0 aliphatic carbocycles. The molecule has 0 aliphatic rings. The van der Waals surface area contributed by atoms with Gasteiger partial charge in [0.2, 0.25) is 5.91 Å². The highest BCUT2D eigenvalue weighted by Gasteiger charge is 2.42. The third-order valence-corrected chi connectivity index (χ3v) is 2.75. The topological polar surface area (TPSA) is 95.4 Å². The number of carbonyl (C=O) groups excluding carboxylic acids is 2. The van der Waals surface area contributed by atoms with Gasteiger partial charge in [-0.2, -0.15) is 0 Å². The molecule has 0 saturated heterocycles. The zero-order valence-electron chi connectivity index (χ0n) is 11.3. The molecule has 4 N–H and O–H groups in total. The van der Waals surface area contributed by atoms with Crippen LogP contribution in [0.15, 0.2) is 30.3 Å². The lowest BCUT2D eigenvalue weighted by Crippen LogP contribution is -2.59. The second-order valence-corrected chi connectivity index (χ2v) is 5.00. The molecule has 1 aromatic carbocycles. The number of benzene rings is 1. The summed E-state index contributed by atoms with van der Waals surface area (Å²) in [5, 5.41) is 0. The zero-order chi connectivity index (χ0) is 14.5.